The fraction of sp³-hybridized carbons (Fsp3) is 0.800. The summed E-state index contributed by atoms with van der Waals surface area (Å²) < 4.78 is 0. The normalized spacial score (nSPS) is 25.1. The Morgan fingerprint density at radius 1 is 1.47 bits per heavy atom. The number of carbonyl (C=O) groups is 2. The lowest BCUT2D eigenvalue weighted by atomic mass is 10.2. The van der Waals surface area contributed by atoms with E-state index in [4.69, 9.17) is 0 Å². The number of hydrogen-bond acceptors (Lipinski definition) is 3. The maximum atomic E-state index is 11.4. The molecule has 1 aliphatic heterocycles. The maximum Gasteiger partial charge on any atom is 0.234 e. The number of rotatable bonds is 5. The number of amides is 2. The highest BCUT2D eigenvalue weighted by molar-refractivity contribution is 5.82. The molecule has 2 fully saturated rings. The van der Waals surface area contributed by atoms with E-state index in [1.54, 1.807) is 0 Å². The standard InChI is InChI=1S/C10H17N3O2/c14-9-3-8(5-12-9)13-10(15)6-11-4-7-1-2-7/h7-8,11H,1-6H2,(H,12,14)(H,13,15). The lowest BCUT2D eigenvalue weighted by molar-refractivity contribution is -0.121. The first-order valence-electron chi connectivity index (χ1n) is 5.51. The van der Waals surface area contributed by atoms with Crippen molar-refractivity contribution < 1.29 is 9.59 Å². The molecule has 0 bridgehead atoms. The zero-order chi connectivity index (χ0) is 10.7. The second-order valence-electron chi connectivity index (χ2n) is 4.35. The molecule has 84 valence electrons. The molecular weight excluding hydrogens is 194 g/mol. The van der Waals surface area contributed by atoms with Gasteiger partial charge >= 0.3 is 0 Å². The van der Waals surface area contributed by atoms with Crippen LogP contribution >= 0.6 is 0 Å². The number of hydrogen-bond donors (Lipinski definition) is 3. The van der Waals surface area contributed by atoms with Crippen LogP contribution in [0.4, 0.5) is 0 Å². The van der Waals surface area contributed by atoms with Gasteiger partial charge in [0.2, 0.25) is 11.8 Å². The Bertz CT molecular complexity index is 263. The molecule has 0 spiro atoms. The van der Waals surface area contributed by atoms with E-state index in [0.29, 0.717) is 19.5 Å². The van der Waals surface area contributed by atoms with Crippen LogP contribution in [-0.2, 0) is 9.59 Å². The van der Waals surface area contributed by atoms with E-state index in [-0.39, 0.29) is 17.9 Å². The molecule has 15 heavy (non-hydrogen) atoms. The fourth-order valence-electron chi connectivity index (χ4n) is 1.70. The van der Waals surface area contributed by atoms with Gasteiger partial charge in [0.05, 0.1) is 12.6 Å². The third-order valence-electron chi connectivity index (χ3n) is 2.76. The van der Waals surface area contributed by atoms with Crippen LogP contribution in [0.15, 0.2) is 0 Å². The van der Waals surface area contributed by atoms with Crippen LogP contribution < -0.4 is 16.0 Å². The molecule has 0 aromatic carbocycles. The van der Waals surface area contributed by atoms with E-state index >= 15 is 0 Å². The molecule has 3 N–H and O–H groups in total. The Labute approximate surface area is 89.0 Å². The van der Waals surface area contributed by atoms with Gasteiger partial charge in [-0.1, -0.05) is 0 Å². The van der Waals surface area contributed by atoms with Gasteiger partial charge in [-0.3, -0.25) is 9.59 Å². The minimum atomic E-state index is -0.0206. The maximum absolute atomic E-state index is 11.4. The average molecular weight is 211 g/mol. The minimum Gasteiger partial charge on any atom is -0.354 e. The molecule has 1 saturated heterocycles. The van der Waals surface area contributed by atoms with Gasteiger partial charge in [0.25, 0.3) is 0 Å². The summed E-state index contributed by atoms with van der Waals surface area (Å²) in [5.74, 6) is 0.788. The van der Waals surface area contributed by atoms with Crippen LogP contribution in [0.5, 0.6) is 0 Å². The average Bonchev–Trinajstić information content (AvgIpc) is 2.91. The van der Waals surface area contributed by atoms with Gasteiger partial charge in [-0.05, 0) is 25.3 Å². The molecule has 1 atom stereocenters. The van der Waals surface area contributed by atoms with Gasteiger partial charge in [-0.15, -0.1) is 0 Å². The van der Waals surface area contributed by atoms with Crippen LogP contribution in [0.1, 0.15) is 19.3 Å². The van der Waals surface area contributed by atoms with Crippen molar-refractivity contribution in [3.05, 3.63) is 0 Å². The van der Waals surface area contributed by atoms with Crippen LogP contribution in [0.2, 0.25) is 0 Å². The second-order valence-corrected chi connectivity index (χ2v) is 4.35. The first-order valence-corrected chi connectivity index (χ1v) is 5.51. The Morgan fingerprint density at radius 3 is 2.87 bits per heavy atom. The highest BCUT2D eigenvalue weighted by atomic mass is 16.2. The van der Waals surface area contributed by atoms with E-state index in [1.165, 1.54) is 12.8 Å². The first-order chi connectivity index (χ1) is 7.24. The van der Waals surface area contributed by atoms with Crippen LogP contribution in [0.25, 0.3) is 0 Å². The smallest absolute Gasteiger partial charge is 0.234 e. The van der Waals surface area contributed by atoms with Crippen molar-refractivity contribution in [2.75, 3.05) is 19.6 Å². The molecule has 1 heterocycles. The molecule has 2 aliphatic rings. The highest BCUT2D eigenvalue weighted by Gasteiger charge is 2.23. The third-order valence-corrected chi connectivity index (χ3v) is 2.76. The van der Waals surface area contributed by atoms with Gasteiger partial charge in [0.1, 0.15) is 0 Å². The lowest BCUT2D eigenvalue weighted by Gasteiger charge is -2.10. The van der Waals surface area contributed by atoms with E-state index in [1.807, 2.05) is 0 Å². The van der Waals surface area contributed by atoms with Crippen LogP contribution in [0.3, 0.4) is 0 Å². The van der Waals surface area contributed by atoms with E-state index < -0.39 is 0 Å². The predicted molar refractivity (Wildman–Crippen MR) is 55.2 cm³/mol. The Morgan fingerprint density at radius 2 is 2.27 bits per heavy atom. The van der Waals surface area contributed by atoms with Gasteiger partial charge < -0.3 is 16.0 Å². The summed E-state index contributed by atoms with van der Waals surface area (Å²) in [7, 11) is 0. The molecule has 1 unspecified atom stereocenters. The predicted octanol–water partition coefficient (Wildman–Crippen LogP) is -1.01. The van der Waals surface area contributed by atoms with Crippen molar-refractivity contribution in [2.24, 2.45) is 5.92 Å². The summed E-state index contributed by atoms with van der Waals surface area (Å²) >= 11 is 0. The molecule has 1 saturated carbocycles. The molecular formula is C10H17N3O2. The summed E-state index contributed by atoms with van der Waals surface area (Å²) in [5, 5.41) is 8.62. The van der Waals surface area contributed by atoms with E-state index in [9.17, 15) is 9.59 Å². The zero-order valence-corrected chi connectivity index (χ0v) is 8.71. The molecule has 2 rings (SSSR count). The monoisotopic (exact) mass is 211 g/mol. The van der Waals surface area contributed by atoms with Crippen LogP contribution in [-0.4, -0.2) is 37.5 Å². The highest BCUT2D eigenvalue weighted by Crippen LogP contribution is 2.27. The summed E-state index contributed by atoms with van der Waals surface area (Å²) in [6.45, 7) is 1.86. The van der Waals surface area contributed by atoms with Crippen LogP contribution in [0, 0.1) is 5.92 Å². The van der Waals surface area contributed by atoms with Gasteiger partial charge in [0, 0.05) is 13.0 Å². The zero-order valence-electron chi connectivity index (χ0n) is 8.71. The van der Waals surface area contributed by atoms with Crippen molar-refractivity contribution in [3.63, 3.8) is 0 Å². The van der Waals surface area contributed by atoms with Crippen molar-refractivity contribution in [2.45, 2.75) is 25.3 Å². The summed E-state index contributed by atoms with van der Waals surface area (Å²) in [6, 6.07) is -0.0206. The van der Waals surface area contributed by atoms with Crippen molar-refractivity contribution in [1.29, 1.82) is 0 Å². The van der Waals surface area contributed by atoms with Gasteiger partial charge in [-0.2, -0.15) is 0 Å². The summed E-state index contributed by atoms with van der Waals surface area (Å²) in [5.41, 5.74) is 0. The summed E-state index contributed by atoms with van der Waals surface area (Å²) in [6.07, 6.45) is 2.99. The molecule has 0 aromatic heterocycles. The number of carbonyl (C=O) groups excluding carboxylic acids is 2. The Kier molecular flexibility index (Phi) is 3.20. The van der Waals surface area contributed by atoms with E-state index in [2.05, 4.69) is 16.0 Å². The fourth-order valence-corrected chi connectivity index (χ4v) is 1.70. The van der Waals surface area contributed by atoms with Crippen molar-refractivity contribution in [1.82, 2.24) is 16.0 Å². The SMILES string of the molecule is O=C1CC(NC(=O)CNCC2CC2)CN1. The molecule has 5 nitrogen and oxygen atoms in total. The number of nitrogens with one attached hydrogen (secondary N) is 3. The molecule has 0 radical (unpaired) electrons. The third kappa shape index (κ3) is 3.51. The molecule has 2 amide bonds. The van der Waals surface area contributed by atoms with Crippen molar-refractivity contribution >= 4 is 11.8 Å². The molecule has 1 aliphatic carbocycles. The quantitative estimate of drug-likeness (QED) is 0.546. The van der Waals surface area contributed by atoms with E-state index in [0.717, 1.165) is 12.5 Å². The second kappa shape index (κ2) is 4.61. The van der Waals surface area contributed by atoms with Gasteiger partial charge in [-0.25, -0.2) is 0 Å². The van der Waals surface area contributed by atoms with Crippen molar-refractivity contribution in [3.8, 4) is 0 Å². The lowest BCUT2D eigenvalue weighted by Crippen LogP contribution is -2.41. The minimum absolute atomic E-state index is 0.0165. The molecule has 5 heteroatoms. The first kappa shape index (κ1) is 10.4. The Hall–Kier alpha value is -1.10. The Balaban J connectivity index is 1.57. The largest absolute Gasteiger partial charge is 0.354 e. The summed E-state index contributed by atoms with van der Waals surface area (Å²) in [4.78, 5) is 22.3. The molecule has 0 aromatic rings. The van der Waals surface area contributed by atoms with Gasteiger partial charge in [0.15, 0.2) is 0 Å². The topological polar surface area (TPSA) is 70.2 Å².